The van der Waals surface area contributed by atoms with E-state index >= 15 is 0 Å². The molecule has 0 unspecified atom stereocenters. The number of hydrogen-bond acceptors (Lipinski definition) is 6. The van der Waals surface area contributed by atoms with E-state index in [1.807, 2.05) is 36.1 Å². The van der Waals surface area contributed by atoms with Gasteiger partial charge in [-0.05, 0) is 43.2 Å². The molecule has 0 saturated carbocycles. The molecule has 1 aliphatic heterocycles. The van der Waals surface area contributed by atoms with E-state index in [9.17, 15) is 4.79 Å². The van der Waals surface area contributed by atoms with Gasteiger partial charge in [0.1, 0.15) is 23.1 Å². The van der Waals surface area contributed by atoms with Gasteiger partial charge in [-0.15, -0.1) is 0 Å². The Morgan fingerprint density at radius 2 is 1.71 bits per heavy atom. The lowest BCUT2D eigenvalue weighted by Crippen LogP contribution is -2.49. The van der Waals surface area contributed by atoms with Gasteiger partial charge in [-0.3, -0.25) is 4.79 Å². The van der Waals surface area contributed by atoms with E-state index in [1.165, 1.54) is 5.56 Å². The first-order chi connectivity index (χ1) is 16.9. The first kappa shape index (κ1) is 24.8. The van der Waals surface area contributed by atoms with Crippen LogP contribution in [0.25, 0.3) is 0 Å². The van der Waals surface area contributed by atoms with E-state index in [1.54, 1.807) is 32.4 Å². The van der Waals surface area contributed by atoms with Crippen molar-refractivity contribution in [2.75, 3.05) is 45.3 Å². The Hall–Kier alpha value is -3.32. The molecule has 1 amide bonds. The molecule has 2 aromatic carbocycles. The summed E-state index contributed by atoms with van der Waals surface area (Å²) in [6.07, 6.45) is 1.56. The van der Waals surface area contributed by atoms with E-state index in [2.05, 4.69) is 11.8 Å². The smallest absolute Gasteiger partial charge is 0.257 e. The molecule has 0 bridgehead atoms. The molecule has 7 nitrogen and oxygen atoms in total. The number of aryl methyl sites for hydroxylation is 2. The second kappa shape index (κ2) is 11.0. The Labute approximate surface area is 211 Å². The maximum absolute atomic E-state index is 13.3. The molecule has 8 heteroatoms. The molecule has 0 atom stereocenters. The number of piperazine rings is 1. The van der Waals surface area contributed by atoms with Gasteiger partial charge in [0.25, 0.3) is 5.91 Å². The first-order valence-electron chi connectivity index (χ1n) is 11.8. The lowest BCUT2D eigenvalue weighted by molar-refractivity contribution is 0.0743. The summed E-state index contributed by atoms with van der Waals surface area (Å²) in [5.41, 5.74) is 3.90. The molecule has 184 valence electrons. The normalized spacial score (nSPS) is 13.6. The van der Waals surface area contributed by atoms with E-state index in [0.29, 0.717) is 43.2 Å². The summed E-state index contributed by atoms with van der Waals surface area (Å²) in [7, 11) is 3.16. The van der Waals surface area contributed by atoms with Gasteiger partial charge in [-0.1, -0.05) is 30.7 Å². The predicted octanol–water partition coefficient (Wildman–Crippen LogP) is 4.57. The van der Waals surface area contributed by atoms with Crippen LogP contribution < -0.4 is 14.4 Å². The number of anilines is 1. The molecular formula is C27H31ClN4O3. The van der Waals surface area contributed by atoms with Crippen LogP contribution in [0.1, 0.15) is 39.9 Å². The summed E-state index contributed by atoms with van der Waals surface area (Å²) in [5.74, 6) is 2.85. The maximum Gasteiger partial charge on any atom is 0.257 e. The molecule has 0 radical (unpaired) electrons. The van der Waals surface area contributed by atoms with Crippen molar-refractivity contribution in [1.82, 2.24) is 14.9 Å². The summed E-state index contributed by atoms with van der Waals surface area (Å²) >= 11 is 6.09. The van der Waals surface area contributed by atoms with Crippen molar-refractivity contribution in [2.45, 2.75) is 26.7 Å². The third-order valence-corrected chi connectivity index (χ3v) is 6.57. The van der Waals surface area contributed by atoms with Crippen molar-refractivity contribution in [2.24, 2.45) is 0 Å². The molecule has 0 aliphatic carbocycles. The van der Waals surface area contributed by atoms with Crippen molar-refractivity contribution < 1.29 is 14.3 Å². The molecule has 2 heterocycles. The average Bonchev–Trinajstić information content (AvgIpc) is 2.89. The van der Waals surface area contributed by atoms with E-state index in [-0.39, 0.29) is 5.91 Å². The number of aromatic nitrogens is 2. The van der Waals surface area contributed by atoms with Crippen molar-refractivity contribution in [3.05, 3.63) is 75.7 Å². The number of methoxy groups -OCH3 is 2. The van der Waals surface area contributed by atoms with Gasteiger partial charge in [-0.2, -0.15) is 0 Å². The van der Waals surface area contributed by atoms with Gasteiger partial charge in [0, 0.05) is 54.9 Å². The molecule has 0 spiro atoms. The van der Waals surface area contributed by atoms with E-state index in [0.717, 1.165) is 40.8 Å². The number of hydrogen-bond donors (Lipinski definition) is 0. The van der Waals surface area contributed by atoms with Gasteiger partial charge < -0.3 is 19.3 Å². The topological polar surface area (TPSA) is 67.8 Å². The monoisotopic (exact) mass is 494 g/mol. The van der Waals surface area contributed by atoms with Crippen LogP contribution in [0.2, 0.25) is 5.02 Å². The zero-order valence-electron chi connectivity index (χ0n) is 20.7. The highest BCUT2D eigenvalue weighted by Gasteiger charge is 2.27. The van der Waals surface area contributed by atoms with Crippen LogP contribution >= 0.6 is 11.6 Å². The number of halogens is 1. The van der Waals surface area contributed by atoms with Crippen LogP contribution in [0.4, 0.5) is 5.82 Å². The zero-order chi connectivity index (χ0) is 24.9. The molecule has 1 aliphatic rings. The van der Waals surface area contributed by atoms with Crippen molar-refractivity contribution in [3.63, 3.8) is 0 Å². The number of nitrogens with zero attached hydrogens (tertiary/aromatic N) is 4. The quantitative estimate of drug-likeness (QED) is 0.479. The average molecular weight is 495 g/mol. The minimum atomic E-state index is -0.0429. The molecule has 0 N–H and O–H groups in total. The summed E-state index contributed by atoms with van der Waals surface area (Å²) in [5, 5.41) is 0.721. The van der Waals surface area contributed by atoms with Crippen molar-refractivity contribution in [1.29, 1.82) is 0 Å². The fraction of sp³-hybridized carbons (Fsp3) is 0.370. The van der Waals surface area contributed by atoms with Crippen LogP contribution in [-0.4, -0.2) is 61.2 Å². The number of carbonyl (C=O) groups is 1. The molecular weight excluding hydrogens is 464 g/mol. The molecule has 4 rings (SSSR count). The second-order valence-electron chi connectivity index (χ2n) is 8.52. The SMILES string of the molecule is CCc1nc(C)nc(N2CCN(C(=O)c3ccc(OC)cc3OC)CC2)c1Cc1ccc(Cl)cc1. The number of carbonyl (C=O) groups excluding carboxylic acids is 1. The van der Waals surface area contributed by atoms with E-state index < -0.39 is 0 Å². The van der Waals surface area contributed by atoms with Crippen molar-refractivity contribution in [3.8, 4) is 11.5 Å². The number of amides is 1. The molecule has 3 aromatic rings. The van der Waals surface area contributed by atoms with Crippen LogP contribution in [0.5, 0.6) is 11.5 Å². The molecule has 1 aromatic heterocycles. The number of rotatable bonds is 7. The predicted molar refractivity (Wildman–Crippen MR) is 138 cm³/mol. The molecule has 1 saturated heterocycles. The van der Waals surface area contributed by atoms with Crippen molar-refractivity contribution >= 4 is 23.3 Å². The molecule has 35 heavy (non-hydrogen) atoms. The van der Waals surface area contributed by atoms with Gasteiger partial charge in [0.15, 0.2) is 0 Å². The largest absolute Gasteiger partial charge is 0.497 e. The van der Waals surface area contributed by atoms with Gasteiger partial charge in [-0.25, -0.2) is 9.97 Å². The number of ether oxygens (including phenoxy) is 2. The Kier molecular flexibility index (Phi) is 7.76. The Morgan fingerprint density at radius 1 is 1.00 bits per heavy atom. The standard InChI is InChI=1S/C27H31ClN4O3/c1-5-24-23(16-19-6-8-20(28)9-7-19)26(30-18(2)29-24)31-12-14-32(15-13-31)27(33)22-11-10-21(34-3)17-25(22)35-4/h6-11,17H,5,12-16H2,1-4H3. The number of benzene rings is 2. The lowest BCUT2D eigenvalue weighted by Gasteiger charge is -2.36. The zero-order valence-corrected chi connectivity index (χ0v) is 21.4. The molecule has 1 fully saturated rings. The van der Waals surface area contributed by atoms with Crippen LogP contribution in [-0.2, 0) is 12.8 Å². The van der Waals surface area contributed by atoms with Gasteiger partial charge in [0.2, 0.25) is 0 Å². The lowest BCUT2D eigenvalue weighted by atomic mass is 10.0. The highest BCUT2D eigenvalue weighted by molar-refractivity contribution is 6.30. The maximum atomic E-state index is 13.3. The summed E-state index contributed by atoms with van der Waals surface area (Å²) < 4.78 is 10.7. The van der Waals surface area contributed by atoms with Gasteiger partial charge in [0.05, 0.1) is 19.8 Å². The second-order valence-corrected chi connectivity index (χ2v) is 8.96. The highest BCUT2D eigenvalue weighted by Crippen LogP contribution is 2.29. The summed E-state index contributed by atoms with van der Waals surface area (Å²) in [4.78, 5) is 27.0. The highest BCUT2D eigenvalue weighted by atomic mass is 35.5. The van der Waals surface area contributed by atoms with Crippen LogP contribution in [0, 0.1) is 6.92 Å². The Morgan fingerprint density at radius 3 is 2.34 bits per heavy atom. The Balaban J connectivity index is 1.54. The summed E-state index contributed by atoms with van der Waals surface area (Å²) in [6.45, 7) is 6.63. The third-order valence-electron chi connectivity index (χ3n) is 6.32. The minimum Gasteiger partial charge on any atom is -0.497 e. The van der Waals surface area contributed by atoms with Crippen LogP contribution in [0.15, 0.2) is 42.5 Å². The van der Waals surface area contributed by atoms with Gasteiger partial charge >= 0.3 is 0 Å². The fourth-order valence-corrected chi connectivity index (χ4v) is 4.57. The third kappa shape index (κ3) is 5.51. The van der Waals surface area contributed by atoms with Crippen LogP contribution in [0.3, 0.4) is 0 Å². The first-order valence-corrected chi connectivity index (χ1v) is 12.2. The minimum absolute atomic E-state index is 0.0429. The Bertz CT molecular complexity index is 1190. The summed E-state index contributed by atoms with van der Waals surface area (Å²) in [6, 6.07) is 13.2. The fourth-order valence-electron chi connectivity index (χ4n) is 4.45. The van der Waals surface area contributed by atoms with E-state index in [4.69, 9.17) is 31.0 Å².